The van der Waals surface area contributed by atoms with Gasteiger partial charge >= 0.3 is 0 Å². The van der Waals surface area contributed by atoms with Gasteiger partial charge in [-0.15, -0.1) is 0 Å². The molecular weight excluding hydrogens is 300 g/mol. The van der Waals surface area contributed by atoms with Crippen molar-refractivity contribution in [1.29, 1.82) is 0 Å². The van der Waals surface area contributed by atoms with Gasteiger partial charge in [0.2, 0.25) is 0 Å². The second kappa shape index (κ2) is 7.51. The topological polar surface area (TPSA) is 53.8 Å². The molecule has 0 fully saturated rings. The zero-order valence-electron chi connectivity index (χ0n) is 13.6. The van der Waals surface area contributed by atoms with Gasteiger partial charge < -0.3 is 9.84 Å². The Hall–Kier alpha value is -3.01. The van der Waals surface area contributed by atoms with Crippen molar-refractivity contribution in [2.75, 3.05) is 12.0 Å². The molecule has 0 saturated heterocycles. The van der Waals surface area contributed by atoms with E-state index in [1.165, 1.54) is 5.39 Å². The SMILES string of the molecule is CCCOc1ccc(/C=N/Nc2ccc3ccccc3c2)c(O)c1. The molecule has 3 aromatic carbocycles. The van der Waals surface area contributed by atoms with Crippen LogP contribution in [0.15, 0.2) is 65.8 Å². The van der Waals surface area contributed by atoms with Crippen LogP contribution in [0, 0.1) is 0 Å². The molecule has 0 radical (unpaired) electrons. The lowest BCUT2D eigenvalue weighted by Gasteiger charge is -2.06. The summed E-state index contributed by atoms with van der Waals surface area (Å²) in [4.78, 5) is 0. The fourth-order valence-corrected chi connectivity index (χ4v) is 2.38. The lowest BCUT2D eigenvalue weighted by Crippen LogP contribution is -1.96. The van der Waals surface area contributed by atoms with Crippen LogP contribution in [-0.2, 0) is 0 Å². The van der Waals surface area contributed by atoms with Gasteiger partial charge in [0.15, 0.2) is 0 Å². The quantitative estimate of drug-likeness (QED) is 0.507. The van der Waals surface area contributed by atoms with Crippen LogP contribution in [0.25, 0.3) is 10.8 Å². The minimum atomic E-state index is 0.146. The molecule has 24 heavy (non-hydrogen) atoms. The van der Waals surface area contributed by atoms with Crippen LogP contribution in [0.1, 0.15) is 18.9 Å². The number of nitrogens with zero attached hydrogens (tertiary/aromatic N) is 1. The monoisotopic (exact) mass is 320 g/mol. The van der Waals surface area contributed by atoms with Crippen molar-refractivity contribution >= 4 is 22.7 Å². The van der Waals surface area contributed by atoms with Crippen molar-refractivity contribution in [2.24, 2.45) is 5.10 Å². The summed E-state index contributed by atoms with van der Waals surface area (Å²) in [6.45, 7) is 2.68. The van der Waals surface area contributed by atoms with Crippen LogP contribution in [0.2, 0.25) is 0 Å². The molecule has 3 aromatic rings. The van der Waals surface area contributed by atoms with Gasteiger partial charge in [-0.2, -0.15) is 5.10 Å². The van der Waals surface area contributed by atoms with Crippen LogP contribution in [0.4, 0.5) is 5.69 Å². The minimum absolute atomic E-state index is 0.146. The molecule has 0 aliphatic carbocycles. The second-order valence-electron chi connectivity index (χ2n) is 5.50. The average Bonchev–Trinajstić information content (AvgIpc) is 2.61. The third-order valence-electron chi connectivity index (χ3n) is 3.62. The molecule has 0 amide bonds. The number of hydrogen-bond donors (Lipinski definition) is 2. The Labute approximate surface area is 141 Å². The molecule has 122 valence electrons. The van der Waals surface area contributed by atoms with E-state index >= 15 is 0 Å². The number of nitrogens with one attached hydrogen (secondary N) is 1. The highest BCUT2D eigenvalue weighted by Crippen LogP contribution is 2.23. The van der Waals surface area contributed by atoms with Crippen molar-refractivity contribution in [3.8, 4) is 11.5 Å². The molecule has 0 spiro atoms. The summed E-state index contributed by atoms with van der Waals surface area (Å²) >= 11 is 0. The number of ether oxygens (including phenoxy) is 1. The molecule has 0 unspecified atom stereocenters. The number of hydrazone groups is 1. The first kappa shape index (κ1) is 15.9. The molecule has 0 aliphatic heterocycles. The Morgan fingerprint density at radius 3 is 2.67 bits per heavy atom. The molecular formula is C20H20N2O2. The molecule has 0 atom stereocenters. The van der Waals surface area contributed by atoms with Crippen molar-refractivity contribution in [3.05, 3.63) is 66.2 Å². The maximum atomic E-state index is 10.0. The summed E-state index contributed by atoms with van der Waals surface area (Å²) in [5, 5.41) is 16.6. The van der Waals surface area contributed by atoms with Crippen molar-refractivity contribution in [2.45, 2.75) is 13.3 Å². The fourth-order valence-electron chi connectivity index (χ4n) is 2.38. The van der Waals surface area contributed by atoms with Gasteiger partial charge in [-0.05, 0) is 41.5 Å². The predicted octanol–water partition coefficient (Wildman–Crippen LogP) is 4.78. The number of anilines is 1. The summed E-state index contributed by atoms with van der Waals surface area (Å²) in [6.07, 6.45) is 2.52. The van der Waals surface area contributed by atoms with Gasteiger partial charge in [-0.1, -0.05) is 37.3 Å². The van der Waals surface area contributed by atoms with Crippen LogP contribution in [0.5, 0.6) is 11.5 Å². The number of hydrogen-bond acceptors (Lipinski definition) is 4. The van der Waals surface area contributed by atoms with E-state index in [0.717, 1.165) is 17.5 Å². The number of phenols is 1. The summed E-state index contributed by atoms with van der Waals surface area (Å²) in [6, 6.07) is 19.4. The summed E-state index contributed by atoms with van der Waals surface area (Å²) < 4.78 is 5.49. The predicted molar refractivity (Wildman–Crippen MR) is 99.1 cm³/mol. The third-order valence-corrected chi connectivity index (χ3v) is 3.62. The van der Waals surface area contributed by atoms with Crippen LogP contribution < -0.4 is 10.2 Å². The molecule has 4 nitrogen and oxygen atoms in total. The van der Waals surface area contributed by atoms with E-state index in [2.05, 4.69) is 22.7 Å². The highest BCUT2D eigenvalue weighted by Gasteiger charge is 2.01. The number of phenolic OH excluding ortho intramolecular Hbond substituents is 1. The van der Waals surface area contributed by atoms with E-state index < -0.39 is 0 Å². The number of benzene rings is 3. The molecule has 0 bridgehead atoms. The van der Waals surface area contributed by atoms with E-state index in [9.17, 15) is 5.11 Å². The lowest BCUT2D eigenvalue weighted by atomic mass is 10.1. The fraction of sp³-hybridized carbons (Fsp3) is 0.150. The average molecular weight is 320 g/mol. The van der Waals surface area contributed by atoms with Gasteiger partial charge in [0, 0.05) is 11.6 Å². The molecule has 0 aliphatic rings. The zero-order chi connectivity index (χ0) is 16.8. The molecule has 0 heterocycles. The van der Waals surface area contributed by atoms with E-state index in [1.54, 1.807) is 18.3 Å². The van der Waals surface area contributed by atoms with Crippen LogP contribution >= 0.6 is 0 Å². The molecule has 0 aromatic heterocycles. The zero-order valence-corrected chi connectivity index (χ0v) is 13.6. The Balaban J connectivity index is 1.68. The normalized spacial score (nSPS) is 11.0. The lowest BCUT2D eigenvalue weighted by molar-refractivity contribution is 0.315. The first-order valence-electron chi connectivity index (χ1n) is 8.00. The molecule has 2 N–H and O–H groups in total. The van der Waals surface area contributed by atoms with Gasteiger partial charge in [0.25, 0.3) is 0 Å². The Morgan fingerprint density at radius 2 is 1.88 bits per heavy atom. The maximum absolute atomic E-state index is 10.0. The van der Waals surface area contributed by atoms with Crippen molar-refractivity contribution < 1.29 is 9.84 Å². The third kappa shape index (κ3) is 3.84. The minimum Gasteiger partial charge on any atom is -0.507 e. The Kier molecular flexibility index (Phi) is 4.96. The first-order chi connectivity index (χ1) is 11.8. The largest absolute Gasteiger partial charge is 0.507 e. The van der Waals surface area contributed by atoms with E-state index in [-0.39, 0.29) is 5.75 Å². The molecule has 3 rings (SSSR count). The Bertz CT molecular complexity index is 859. The smallest absolute Gasteiger partial charge is 0.128 e. The van der Waals surface area contributed by atoms with E-state index in [0.29, 0.717) is 17.9 Å². The Morgan fingerprint density at radius 1 is 1.04 bits per heavy atom. The van der Waals surface area contributed by atoms with Gasteiger partial charge in [0.05, 0.1) is 18.5 Å². The molecule has 0 saturated carbocycles. The summed E-state index contributed by atoms with van der Waals surface area (Å²) in [5.41, 5.74) is 4.52. The highest BCUT2D eigenvalue weighted by molar-refractivity contribution is 5.87. The van der Waals surface area contributed by atoms with Gasteiger partial charge in [-0.25, -0.2) is 0 Å². The second-order valence-corrected chi connectivity index (χ2v) is 5.50. The van der Waals surface area contributed by atoms with Crippen LogP contribution in [0.3, 0.4) is 0 Å². The summed E-state index contributed by atoms with van der Waals surface area (Å²) in [7, 11) is 0. The van der Waals surface area contributed by atoms with E-state index in [4.69, 9.17) is 4.74 Å². The first-order valence-corrected chi connectivity index (χ1v) is 8.00. The number of fused-ring (bicyclic) bond motifs is 1. The molecule has 4 heteroatoms. The number of rotatable bonds is 6. The van der Waals surface area contributed by atoms with Crippen molar-refractivity contribution in [3.63, 3.8) is 0 Å². The maximum Gasteiger partial charge on any atom is 0.128 e. The van der Waals surface area contributed by atoms with E-state index in [1.807, 2.05) is 43.3 Å². The summed E-state index contributed by atoms with van der Waals surface area (Å²) in [5.74, 6) is 0.807. The van der Waals surface area contributed by atoms with Gasteiger partial charge in [-0.3, -0.25) is 5.43 Å². The van der Waals surface area contributed by atoms with Crippen molar-refractivity contribution in [1.82, 2.24) is 0 Å². The highest BCUT2D eigenvalue weighted by atomic mass is 16.5. The standard InChI is InChI=1S/C20H20N2O2/c1-2-11-24-19-10-8-17(20(23)13-19)14-21-22-18-9-7-15-5-3-4-6-16(15)12-18/h3-10,12-14,22-23H,2,11H2,1H3/b21-14+. The van der Waals surface area contributed by atoms with Crippen LogP contribution in [-0.4, -0.2) is 17.9 Å². The number of aromatic hydroxyl groups is 1. The van der Waals surface area contributed by atoms with Gasteiger partial charge in [0.1, 0.15) is 11.5 Å².